The molecule has 0 aliphatic carbocycles. The van der Waals surface area contributed by atoms with Crippen LogP contribution >= 0.6 is 11.8 Å². The summed E-state index contributed by atoms with van der Waals surface area (Å²) in [4.78, 5) is 10.6. The first kappa shape index (κ1) is 14.4. The van der Waals surface area contributed by atoms with E-state index < -0.39 is 0 Å². The Labute approximate surface area is 134 Å². The van der Waals surface area contributed by atoms with Gasteiger partial charge in [0.05, 0.1) is 24.2 Å². The third kappa shape index (κ3) is 2.71. The first-order valence-corrected chi connectivity index (χ1v) is 9.10. The number of anilines is 1. The molecular formula is C16H22N4OS. The Morgan fingerprint density at radius 2 is 2.18 bits per heavy atom. The lowest BCUT2D eigenvalue weighted by Gasteiger charge is -2.43. The summed E-state index contributed by atoms with van der Waals surface area (Å²) >= 11 is 2.06. The van der Waals surface area contributed by atoms with E-state index in [1.54, 1.807) is 0 Å². The zero-order chi connectivity index (χ0) is 14.8. The Morgan fingerprint density at radius 3 is 2.95 bits per heavy atom. The zero-order valence-electron chi connectivity index (χ0n) is 12.7. The van der Waals surface area contributed by atoms with E-state index in [4.69, 9.17) is 4.74 Å². The summed E-state index contributed by atoms with van der Waals surface area (Å²) in [6, 6.07) is 8.17. The molecule has 4 rings (SSSR count). The van der Waals surface area contributed by atoms with E-state index in [2.05, 4.69) is 38.0 Å². The zero-order valence-corrected chi connectivity index (χ0v) is 13.5. The summed E-state index contributed by atoms with van der Waals surface area (Å²) in [5, 5.41) is 3.55. The summed E-state index contributed by atoms with van der Waals surface area (Å²) in [6.45, 7) is 4.75. The smallest absolute Gasteiger partial charge is 0.201 e. The molecule has 22 heavy (non-hydrogen) atoms. The lowest BCUT2D eigenvalue weighted by Crippen LogP contribution is -2.57. The highest BCUT2D eigenvalue weighted by atomic mass is 32.2. The van der Waals surface area contributed by atoms with Crippen molar-refractivity contribution in [1.82, 2.24) is 14.9 Å². The molecule has 2 aliphatic rings. The van der Waals surface area contributed by atoms with Gasteiger partial charge in [0.2, 0.25) is 5.95 Å². The molecule has 6 heteroatoms. The number of nitrogens with zero attached hydrogens (tertiary/aromatic N) is 2. The number of rotatable bonds is 4. The van der Waals surface area contributed by atoms with Gasteiger partial charge in [-0.25, -0.2) is 4.98 Å². The maximum Gasteiger partial charge on any atom is 0.201 e. The first-order valence-electron chi connectivity index (χ1n) is 7.95. The average Bonchev–Trinajstić information content (AvgIpc) is 3.21. The summed E-state index contributed by atoms with van der Waals surface area (Å²) in [5.41, 5.74) is 2.35. The number of aromatic amines is 1. The van der Waals surface area contributed by atoms with E-state index in [1.807, 2.05) is 18.2 Å². The number of fused-ring (bicyclic) bond motifs is 1. The predicted molar refractivity (Wildman–Crippen MR) is 91.6 cm³/mol. The van der Waals surface area contributed by atoms with Crippen LogP contribution in [0.15, 0.2) is 24.3 Å². The Bertz CT molecular complexity index is 599. The third-order valence-electron chi connectivity index (χ3n) is 4.74. The normalized spacial score (nSPS) is 26.5. The Balaban J connectivity index is 1.49. The highest BCUT2D eigenvalue weighted by Gasteiger charge is 2.40. The maximum atomic E-state index is 5.52. The number of hydrogen-bond donors (Lipinski definition) is 2. The molecule has 5 nitrogen and oxygen atoms in total. The molecule has 2 aromatic rings. The summed E-state index contributed by atoms with van der Waals surface area (Å²) < 4.78 is 5.52. The molecule has 0 spiro atoms. The second-order valence-electron chi connectivity index (χ2n) is 6.08. The monoisotopic (exact) mass is 318 g/mol. The van der Waals surface area contributed by atoms with Crippen molar-refractivity contribution in [3.63, 3.8) is 0 Å². The second kappa shape index (κ2) is 6.10. The van der Waals surface area contributed by atoms with E-state index in [0.29, 0.717) is 0 Å². The number of para-hydroxylation sites is 2. The predicted octanol–water partition coefficient (Wildman–Crippen LogP) is 2.18. The highest BCUT2D eigenvalue weighted by Crippen LogP contribution is 2.34. The van der Waals surface area contributed by atoms with Crippen LogP contribution in [0.4, 0.5) is 5.95 Å². The number of benzene rings is 1. The lowest BCUT2D eigenvalue weighted by atomic mass is 9.95. The molecule has 0 radical (unpaired) electrons. The van der Waals surface area contributed by atoms with Crippen LogP contribution in [0.2, 0.25) is 0 Å². The standard InChI is InChI=1S/C16H22N4OS/c1-2-4-14-13(3-1)18-15(19-14)17-11-16(5-10-22-12-16)20-6-8-21-9-7-20/h1-4H,5-12H2,(H2,17,18,19)/t16-/m0/s1. The van der Waals surface area contributed by atoms with Crippen LogP contribution in [0.25, 0.3) is 11.0 Å². The molecule has 2 aliphatic heterocycles. The van der Waals surface area contributed by atoms with E-state index in [9.17, 15) is 0 Å². The number of thioether (sulfide) groups is 1. The van der Waals surface area contributed by atoms with E-state index in [-0.39, 0.29) is 5.54 Å². The van der Waals surface area contributed by atoms with Gasteiger partial charge in [0.25, 0.3) is 0 Å². The third-order valence-corrected chi connectivity index (χ3v) is 5.97. The molecule has 2 saturated heterocycles. The largest absolute Gasteiger partial charge is 0.379 e. The molecular weight excluding hydrogens is 296 g/mol. The topological polar surface area (TPSA) is 53.2 Å². The number of hydrogen-bond acceptors (Lipinski definition) is 5. The van der Waals surface area contributed by atoms with Crippen molar-refractivity contribution in [3.05, 3.63) is 24.3 Å². The SMILES string of the molecule is c1ccc2[nH]c(NC[C@@]3(N4CCOCC4)CCSC3)nc2c1. The van der Waals surface area contributed by atoms with E-state index in [0.717, 1.165) is 49.8 Å². The summed E-state index contributed by atoms with van der Waals surface area (Å²) in [5.74, 6) is 3.32. The number of imidazole rings is 1. The molecule has 118 valence electrons. The number of morpholine rings is 1. The number of ether oxygens (including phenoxy) is 1. The Kier molecular flexibility index (Phi) is 3.98. The van der Waals surface area contributed by atoms with Gasteiger partial charge < -0.3 is 15.0 Å². The van der Waals surface area contributed by atoms with Gasteiger partial charge in [-0.2, -0.15) is 11.8 Å². The summed E-state index contributed by atoms with van der Waals surface area (Å²) in [7, 11) is 0. The van der Waals surface area contributed by atoms with Gasteiger partial charge in [-0.05, 0) is 24.3 Å². The van der Waals surface area contributed by atoms with Gasteiger partial charge in [-0.1, -0.05) is 12.1 Å². The van der Waals surface area contributed by atoms with Gasteiger partial charge in [0, 0.05) is 30.9 Å². The molecule has 0 bridgehead atoms. The fourth-order valence-corrected chi connectivity index (χ4v) is 4.90. The number of aromatic nitrogens is 2. The van der Waals surface area contributed by atoms with Crippen LogP contribution < -0.4 is 5.32 Å². The molecule has 3 heterocycles. The van der Waals surface area contributed by atoms with Crippen molar-refractivity contribution < 1.29 is 4.74 Å². The van der Waals surface area contributed by atoms with Crippen LogP contribution in [0.1, 0.15) is 6.42 Å². The molecule has 1 aromatic heterocycles. The Hall–Kier alpha value is -1.24. The van der Waals surface area contributed by atoms with Gasteiger partial charge in [-0.3, -0.25) is 4.90 Å². The van der Waals surface area contributed by atoms with Gasteiger partial charge in [0.15, 0.2) is 0 Å². The van der Waals surface area contributed by atoms with Crippen LogP contribution in [0, 0.1) is 0 Å². The fraction of sp³-hybridized carbons (Fsp3) is 0.562. The maximum absolute atomic E-state index is 5.52. The van der Waals surface area contributed by atoms with Crippen molar-refractivity contribution in [2.24, 2.45) is 0 Å². The number of H-pyrrole nitrogens is 1. The molecule has 0 unspecified atom stereocenters. The first-order chi connectivity index (χ1) is 10.9. The second-order valence-corrected chi connectivity index (χ2v) is 7.19. The van der Waals surface area contributed by atoms with Crippen LogP contribution in [0.5, 0.6) is 0 Å². The molecule has 2 N–H and O–H groups in total. The lowest BCUT2D eigenvalue weighted by molar-refractivity contribution is -0.00924. The highest BCUT2D eigenvalue weighted by molar-refractivity contribution is 7.99. The van der Waals surface area contributed by atoms with Gasteiger partial charge in [-0.15, -0.1) is 0 Å². The average molecular weight is 318 g/mol. The molecule has 2 fully saturated rings. The van der Waals surface area contributed by atoms with E-state index >= 15 is 0 Å². The van der Waals surface area contributed by atoms with Gasteiger partial charge in [0.1, 0.15) is 0 Å². The van der Waals surface area contributed by atoms with Crippen molar-refractivity contribution in [2.75, 3.05) is 49.7 Å². The Morgan fingerprint density at radius 1 is 1.32 bits per heavy atom. The minimum Gasteiger partial charge on any atom is -0.379 e. The summed E-state index contributed by atoms with van der Waals surface area (Å²) in [6.07, 6.45) is 1.24. The molecule has 0 saturated carbocycles. The van der Waals surface area contributed by atoms with Crippen molar-refractivity contribution >= 4 is 28.7 Å². The van der Waals surface area contributed by atoms with Crippen LogP contribution in [-0.4, -0.2) is 64.8 Å². The molecule has 0 amide bonds. The van der Waals surface area contributed by atoms with Crippen molar-refractivity contribution in [1.29, 1.82) is 0 Å². The van der Waals surface area contributed by atoms with Crippen LogP contribution in [-0.2, 0) is 4.74 Å². The fourth-order valence-electron chi connectivity index (χ4n) is 3.42. The minimum atomic E-state index is 0.243. The quantitative estimate of drug-likeness (QED) is 0.905. The molecule has 1 atom stereocenters. The van der Waals surface area contributed by atoms with Crippen LogP contribution in [0.3, 0.4) is 0 Å². The minimum absolute atomic E-state index is 0.243. The molecule has 1 aromatic carbocycles. The van der Waals surface area contributed by atoms with Crippen molar-refractivity contribution in [2.45, 2.75) is 12.0 Å². The van der Waals surface area contributed by atoms with Crippen molar-refractivity contribution in [3.8, 4) is 0 Å². The van der Waals surface area contributed by atoms with E-state index in [1.165, 1.54) is 17.9 Å². The number of nitrogens with one attached hydrogen (secondary N) is 2. The van der Waals surface area contributed by atoms with Gasteiger partial charge >= 0.3 is 0 Å².